The van der Waals surface area contributed by atoms with Crippen molar-refractivity contribution < 1.29 is 0 Å². The molecule has 0 nitrogen and oxygen atoms in total. The topological polar surface area (TPSA) is 0 Å². The van der Waals surface area contributed by atoms with Crippen LogP contribution in [0.15, 0.2) is 41.8 Å². The van der Waals surface area contributed by atoms with E-state index < -0.39 is 0 Å². The van der Waals surface area contributed by atoms with Crippen LogP contribution in [0.5, 0.6) is 0 Å². The van der Waals surface area contributed by atoms with Crippen LogP contribution in [-0.4, -0.2) is 11.2 Å². The molecule has 2 rings (SSSR count). The molecule has 0 N–H and O–H groups in total. The van der Waals surface area contributed by atoms with Crippen molar-refractivity contribution in [2.24, 2.45) is 0 Å². The smallest absolute Gasteiger partial charge is 0.00513 e. The fourth-order valence-electron chi connectivity index (χ4n) is 0.980. The van der Waals surface area contributed by atoms with Crippen molar-refractivity contribution in [3.05, 3.63) is 41.8 Å². The van der Waals surface area contributed by atoms with Crippen molar-refractivity contribution in [3.63, 3.8) is 0 Å². The largest absolute Gasteiger partial charge is 0.0936 e. The molecule has 0 bridgehead atoms. The van der Waals surface area contributed by atoms with Crippen molar-refractivity contribution >= 4 is 18.4 Å². The van der Waals surface area contributed by atoms with Gasteiger partial charge in [-0.1, -0.05) is 29.8 Å². The molecule has 0 spiro atoms. The third-order valence-electron chi connectivity index (χ3n) is 1.47. The maximum Gasteiger partial charge on any atom is 0.00513 e. The molecule has 10 heavy (non-hydrogen) atoms. The Labute approximate surface area is 60.9 Å². The van der Waals surface area contributed by atoms with E-state index in [4.69, 9.17) is 0 Å². The maximum atomic E-state index is 3.30. The highest BCUT2D eigenvalue weighted by Gasteiger charge is 1.93. The van der Waals surface area contributed by atoms with Crippen LogP contribution in [0.4, 0.5) is 0 Å². The SMILES string of the molecule is C1=CC=CC2=CC=CC=P=12. The monoisotopic (exact) mass is 146 g/mol. The van der Waals surface area contributed by atoms with Crippen LogP contribution in [-0.2, 0) is 0 Å². The lowest BCUT2D eigenvalue weighted by Crippen LogP contribution is -1.76. The van der Waals surface area contributed by atoms with Gasteiger partial charge in [-0.05, 0) is 25.1 Å². The predicted octanol–water partition coefficient (Wildman–Crippen LogP) is 2.25. The van der Waals surface area contributed by atoms with Crippen LogP contribution in [0.25, 0.3) is 0 Å². The van der Waals surface area contributed by atoms with Crippen molar-refractivity contribution in [3.8, 4) is 0 Å². The number of hydrogen-bond donors (Lipinski definition) is 0. The van der Waals surface area contributed by atoms with Crippen molar-refractivity contribution in [2.75, 3.05) is 0 Å². The van der Waals surface area contributed by atoms with Gasteiger partial charge >= 0.3 is 0 Å². The number of hydrogen-bond acceptors (Lipinski definition) is 0. The van der Waals surface area contributed by atoms with Crippen LogP contribution in [0.2, 0.25) is 0 Å². The van der Waals surface area contributed by atoms with Gasteiger partial charge < -0.3 is 0 Å². The van der Waals surface area contributed by atoms with Gasteiger partial charge in [0.2, 0.25) is 0 Å². The summed E-state index contributed by atoms with van der Waals surface area (Å²) < 4.78 is 0. The molecule has 2 heterocycles. The number of rotatable bonds is 0. The van der Waals surface area contributed by atoms with E-state index >= 15 is 0 Å². The van der Waals surface area contributed by atoms with Crippen LogP contribution in [0.1, 0.15) is 0 Å². The fourth-order valence-corrected chi connectivity index (χ4v) is 2.40. The van der Waals surface area contributed by atoms with Crippen LogP contribution < -0.4 is 0 Å². The summed E-state index contributed by atoms with van der Waals surface area (Å²) in [5.74, 6) is 2.21. The van der Waals surface area contributed by atoms with E-state index in [1.807, 2.05) is 12.2 Å². The molecular weight excluding hydrogens is 139 g/mol. The number of allylic oxidation sites excluding steroid dienone is 7. The lowest BCUT2D eigenvalue weighted by Gasteiger charge is -1.99. The maximum absolute atomic E-state index is 3.30. The van der Waals surface area contributed by atoms with Gasteiger partial charge in [-0.2, -0.15) is 0 Å². The minimum atomic E-state index is -0.189. The zero-order valence-corrected chi connectivity index (χ0v) is 6.38. The van der Waals surface area contributed by atoms with Gasteiger partial charge in [-0.15, -0.1) is 0 Å². The normalized spacial score (nSPS) is 22.8. The Bertz CT molecular complexity index is 352. The van der Waals surface area contributed by atoms with Crippen molar-refractivity contribution in [1.82, 2.24) is 0 Å². The van der Waals surface area contributed by atoms with Crippen LogP contribution in [0.3, 0.4) is 0 Å². The van der Waals surface area contributed by atoms with Crippen LogP contribution in [0, 0.1) is 0 Å². The third kappa shape index (κ3) is 0.885. The molecule has 1 heteroatoms. The summed E-state index contributed by atoms with van der Waals surface area (Å²) in [6.45, 7) is 0. The lowest BCUT2D eigenvalue weighted by molar-refractivity contribution is 1.84. The second-order valence-electron chi connectivity index (χ2n) is 2.15. The first-order valence-corrected chi connectivity index (χ1v) is 4.65. The van der Waals surface area contributed by atoms with Crippen molar-refractivity contribution in [2.45, 2.75) is 0 Å². The minimum absolute atomic E-state index is 0.189. The lowest BCUT2D eigenvalue weighted by atomic mass is 10.4. The Morgan fingerprint density at radius 3 is 3.10 bits per heavy atom. The van der Waals surface area contributed by atoms with E-state index in [1.54, 1.807) is 0 Å². The van der Waals surface area contributed by atoms with E-state index in [1.165, 1.54) is 5.31 Å². The van der Waals surface area contributed by atoms with Crippen molar-refractivity contribution in [1.29, 1.82) is 0 Å². The van der Waals surface area contributed by atoms with E-state index in [9.17, 15) is 0 Å². The van der Waals surface area contributed by atoms with Gasteiger partial charge in [-0.25, -0.2) is 0 Å². The molecular formula is C9H7P. The molecule has 0 aromatic heterocycles. The third-order valence-corrected chi connectivity index (χ3v) is 3.22. The fraction of sp³-hybridized carbons (Fsp3) is 0. The van der Waals surface area contributed by atoms with Gasteiger partial charge in [0.15, 0.2) is 0 Å². The van der Waals surface area contributed by atoms with Crippen LogP contribution >= 0.6 is 7.17 Å². The summed E-state index contributed by atoms with van der Waals surface area (Å²) in [6.07, 6.45) is 12.5. The summed E-state index contributed by atoms with van der Waals surface area (Å²) >= 11 is 0. The molecule has 0 radical (unpaired) electrons. The Hall–Kier alpha value is -0.960. The quantitative estimate of drug-likeness (QED) is 0.460. The van der Waals surface area contributed by atoms with Gasteiger partial charge in [0, 0.05) is 5.31 Å². The highest BCUT2D eigenvalue weighted by atomic mass is 31.1. The first kappa shape index (κ1) is 5.80. The van der Waals surface area contributed by atoms with E-state index in [2.05, 4.69) is 35.6 Å². The summed E-state index contributed by atoms with van der Waals surface area (Å²) in [5, 5.41) is 1.40. The second kappa shape index (κ2) is 2.34. The second-order valence-corrected chi connectivity index (χ2v) is 3.96. The summed E-state index contributed by atoms with van der Waals surface area (Å²) in [6, 6.07) is 0. The molecule has 2 aliphatic rings. The molecule has 0 aromatic rings. The molecule has 0 aromatic carbocycles. The predicted molar refractivity (Wildman–Crippen MR) is 48.9 cm³/mol. The first-order valence-electron chi connectivity index (χ1n) is 3.24. The molecule has 1 atom stereocenters. The average Bonchev–Trinajstić information content (AvgIpc) is 2.05. The van der Waals surface area contributed by atoms with E-state index in [0.717, 1.165) is 0 Å². The van der Waals surface area contributed by atoms with Gasteiger partial charge in [0.1, 0.15) is 0 Å². The minimum Gasteiger partial charge on any atom is -0.0936 e. The summed E-state index contributed by atoms with van der Waals surface area (Å²) in [7, 11) is -0.189. The average molecular weight is 146 g/mol. The number of fused-ring (bicyclic) bond motifs is 1. The molecule has 0 fully saturated rings. The summed E-state index contributed by atoms with van der Waals surface area (Å²) in [4.78, 5) is 0. The van der Waals surface area contributed by atoms with Gasteiger partial charge in [0.05, 0.1) is 0 Å². The highest BCUT2D eigenvalue weighted by molar-refractivity contribution is 7.61. The van der Waals surface area contributed by atoms with Gasteiger partial charge in [-0.3, -0.25) is 0 Å². The van der Waals surface area contributed by atoms with Gasteiger partial charge in [0.25, 0.3) is 0 Å². The van der Waals surface area contributed by atoms with E-state index in [0.29, 0.717) is 0 Å². The molecule has 2 aliphatic heterocycles. The zero-order chi connectivity index (χ0) is 6.81. The Morgan fingerprint density at radius 2 is 2.20 bits per heavy atom. The molecule has 0 saturated carbocycles. The Balaban J connectivity index is 2.76. The summed E-state index contributed by atoms with van der Waals surface area (Å²) in [5.41, 5.74) is 3.30. The molecule has 1 unspecified atom stereocenters. The molecule has 0 amide bonds. The first-order chi connectivity index (χ1) is 4.97. The Morgan fingerprint density at radius 1 is 1.20 bits per heavy atom. The molecule has 48 valence electrons. The zero-order valence-electron chi connectivity index (χ0n) is 5.49. The Kier molecular flexibility index (Phi) is 1.36. The highest BCUT2D eigenvalue weighted by Crippen LogP contribution is 2.26. The van der Waals surface area contributed by atoms with E-state index in [-0.39, 0.29) is 7.17 Å². The standard InChI is InChI=1S/C9H7P/c1-3-7-10-8-4-2-6-9(10)5-1/h1-7H. The molecule has 0 saturated heterocycles. The molecule has 0 aliphatic carbocycles.